The van der Waals surface area contributed by atoms with Gasteiger partial charge in [-0.3, -0.25) is 0 Å². The van der Waals surface area contributed by atoms with Crippen molar-refractivity contribution >= 4 is 13.6 Å². The van der Waals surface area contributed by atoms with Gasteiger partial charge in [-0.1, -0.05) is 6.07 Å². The van der Waals surface area contributed by atoms with Crippen molar-refractivity contribution in [2.45, 2.75) is 26.4 Å². The first-order chi connectivity index (χ1) is 6.47. The molecule has 0 bridgehead atoms. The fraction of sp³-hybridized carbons (Fsp3) is 0.400. The summed E-state index contributed by atoms with van der Waals surface area (Å²) >= 11 is 4.25. The third-order valence-corrected chi connectivity index (χ3v) is 1.15. The van der Waals surface area contributed by atoms with Gasteiger partial charge in [0.05, 0.1) is 5.60 Å². The Balaban J connectivity index is 0.000000791. The molecule has 4 heteroatoms. The molecule has 0 unspecified atom stereocenters. The van der Waals surface area contributed by atoms with E-state index in [-0.39, 0.29) is 11.4 Å². The molecule has 0 aromatic heterocycles. The zero-order valence-corrected chi connectivity index (χ0v) is 13.2. The number of rotatable bonds is 1. The van der Waals surface area contributed by atoms with Crippen molar-refractivity contribution in [3.05, 3.63) is 30.1 Å². The molecule has 0 spiro atoms. The summed E-state index contributed by atoms with van der Waals surface area (Å²) in [6, 6.07) is 6.98. The summed E-state index contributed by atoms with van der Waals surface area (Å²) < 4.78 is 18.0. The Labute approximate surface area is 101 Å². The topological polar surface area (TPSA) is 9.23 Å². The van der Waals surface area contributed by atoms with Crippen LogP contribution in [0.15, 0.2) is 18.2 Å². The molecule has 1 nitrogen and oxygen atoms in total. The molecule has 0 aliphatic carbocycles. The monoisotopic (exact) mass is 310 g/mol. The van der Waals surface area contributed by atoms with Crippen LogP contribution in [0.25, 0.3) is 0 Å². The average Bonchev–Trinajstić information content (AvgIpc) is 2.04. The molecule has 0 aliphatic heterocycles. The first-order valence-corrected chi connectivity index (χ1v) is 11.1. The van der Waals surface area contributed by atoms with E-state index in [1.165, 1.54) is 34.5 Å². The van der Waals surface area contributed by atoms with Gasteiger partial charge >= 0.3 is 30.0 Å². The van der Waals surface area contributed by atoms with E-state index in [2.05, 4.69) is 19.7 Å². The summed E-state index contributed by atoms with van der Waals surface area (Å²) in [7, 11) is 0. The summed E-state index contributed by atoms with van der Waals surface area (Å²) in [6.07, 6.45) is 0. The molecule has 1 aromatic rings. The van der Waals surface area contributed by atoms with E-state index in [1.807, 2.05) is 20.8 Å². The molecule has 1 aromatic carbocycles. The Morgan fingerprint density at radius 1 is 1.43 bits per heavy atom. The van der Waals surface area contributed by atoms with Crippen molar-refractivity contribution < 1.29 is 25.5 Å². The third kappa shape index (κ3) is 6.50. The number of benzene rings is 1. The Morgan fingerprint density at radius 3 is 2.43 bits per heavy atom. The number of ether oxygens (including phenoxy) is 1. The van der Waals surface area contributed by atoms with Crippen LogP contribution in [0.3, 0.4) is 0 Å². The van der Waals surface area contributed by atoms with Crippen molar-refractivity contribution in [1.29, 1.82) is 0 Å². The molecule has 0 atom stereocenters. The maximum atomic E-state index is 12.6. The molecule has 1 rings (SSSR count). The fourth-order valence-corrected chi connectivity index (χ4v) is 0.807. The van der Waals surface area contributed by atoms with E-state index in [1.54, 1.807) is 0 Å². The minimum atomic E-state index is -0.301. The van der Waals surface area contributed by atoms with E-state index in [9.17, 15) is 4.39 Å². The molecule has 0 heterocycles. The van der Waals surface area contributed by atoms with E-state index in [0.29, 0.717) is 5.75 Å². The Morgan fingerprint density at radius 2 is 2.00 bits per heavy atom. The fourth-order valence-electron chi connectivity index (χ4n) is 0.807. The third-order valence-electron chi connectivity index (χ3n) is 1.15. The zero-order valence-electron chi connectivity index (χ0n) is 8.60. The molecular formula is C10H12BrFOZn. The second-order valence-corrected chi connectivity index (χ2v) is 3.59. The zero-order chi connectivity index (χ0) is 11.2. The summed E-state index contributed by atoms with van der Waals surface area (Å²) in [5.74, 6) is 0.149. The minimum absolute atomic E-state index is 0.298. The van der Waals surface area contributed by atoms with E-state index in [0.717, 1.165) is 0 Å². The standard InChI is InChI=1S/C10H12FO.BrH.Zn/c1-10(2,3)12-9-6-4-5-8(11)7-9;;/h4-5,7H,1-3H3;1H;/q-1;;+2/p-1. The quantitative estimate of drug-likeness (QED) is 0.568. The van der Waals surface area contributed by atoms with Gasteiger partial charge in [-0.25, -0.2) is 4.39 Å². The SMILES string of the molecule is CC(C)(C)Oc1[c-]ccc(F)c1.[Zn+][Br]. The molecule has 0 saturated heterocycles. The van der Waals surface area contributed by atoms with E-state index >= 15 is 0 Å². The van der Waals surface area contributed by atoms with Crippen LogP contribution < -0.4 is 4.74 Å². The molecule has 74 valence electrons. The first-order valence-electron chi connectivity index (χ1n) is 4.10. The van der Waals surface area contributed by atoms with Gasteiger partial charge in [-0.2, -0.15) is 6.07 Å². The second-order valence-electron chi connectivity index (χ2n) is 3.59. The summed E-state index contributed by atoms with van der Waals surface area (Å²) in [6.45, 7) is 5.73. The van der Waals surface area contributed by atoms with Gasteiger partial charge in [-0.05, 0) is 20.8 Å². The van der Waals surface area contributed by atoms with Gasteiger partial charge < -0.3 is 4.74 Å². The molecular weight excluding hydrogens is 300 g/mol. The molecule has 0 aliphatic rings. The summed E-state index contributed by atoms with van der Waals surface area (Å²) in [5, 5.41) is 0. The average molecular weight is 312 g/mol. The Bertz CT molecular complexity index is 273. The molecule has 14 heavy (non-hydrogen) atoms. The van der Waals surface area contributed by atoms with Crippen molar-refractivity contribution in [3.63, 3.8) is 0 Å². The van der Waals surface area contributed by atoms with Crippen molar-refractivity contribution in [3.8, 4) is 5.75 Å². The van der Waals surface area contributed by atoms with Crippen LogP contribution in [0.5, 0.6) is 5.75 Å². The van der Waals surface area contributed by atoms with Gasteiger partial charge in [0.1, 0.15) is 0 Å². The van der Waals surface area contributed by atoms with Crippen LogP contribution in [0.2, 0.25) is 0 Å². The van der Waals surface area contributed by atoms with Gasteiger partial charge in [0, 0.05) is 11.6 Å². The Hall–Kier alpha value is 0.0534. The molecule has 0 fully saturated rings. The van der Waals surface area contributed by atoms with Crippen LogP contribution in [-0.4, -0.2) is 5.60 Å². The van der Waals surface area contributed by atoms with Gasteiger partial charge in [0.2, 0.25) is 0 Å². The predicted molar refractivity (Wildman–Crippen MR) is 54.5 cm³/mol. The Kier molecular flexibility index (Phi) is 6.55. The predicted octanol–water partition coefficient (Wildman–Crippen LogP) is 3.65. The van der Waals surface area contributed by atoms with Crippen molar-refractivity contribution in [1.82, 2.24) is 0 Å². The molecule has 0 N–H and O–H groups in total. The molecule has 0 amide bonds. The van der Waals surface area contributed by atoms with Crippen molar-refractivity contribution in [2.24, 2.45) is 0 Å². The first kappa shape index (κ1) is 14.1. The van der Waals surface area contributed by atoms with Crippen LogP contribution >= 0.6 is 13.6 Å². The van der Waals surface area contributed by atoms with Crippen molar-refractivity contribution in [2.75, 3.05) is 0 Å². The summed E-state index contributed by atoms with van der Waals surface area (Å²) in [5.41, 5.74) is -0.301. The number of halogens is 2. The maximum absolute atomic E-state index is 12.6. The second kappa shape index (κ2) is 6.52. The number of hydrogen-bond donors (Lipinski definition) is 0. The van der Waals surface area contributed by atoms with E-state index in [4.69, 9.17) is 4.74 Å². The van der Waals surface area contributed by atoms with Crippen LogP contribution in [0, 0.1) is 11.9 Å². The van der Waals surface area contributed by atoms with Gasteiger partial charge in [-0.15, -0.1) is 12.1 Å². The van der Waals surface area contributed by atoms with Crippen LogP contribution in [-0.2, 0) is 16.3 Å². The molecule has 0 radical (unpaired) electrons. The van der Waals surface area contributed by atoms with E-state index < -0.39 is 0 Å². The molecule has 0 saturated carbocycles. The number of hydrogen-bond acceptors (Lipinski definition) is 1. The van der Waals surface area contributed by atoms with Crippen LogP contribution in [0.1, 0.15) is 20.8 Å². The van der Waals surface area contributed by atoms with Gasteiger partial charge in [0.15, 0.2) is 0 Å². The summed E-state index contributed by atoms with van der Waals surface area (Å²) in [4.78, 5) is 0. The van der Waals surface area contributed by atoms with Crippen LogP contribution in [0.4, 0.5) is 4.39 Å². The van der Waals surface area contributed by atoms with Gasteiger partial charge in [0.25, 0.3) is 0 Å². The normalized spacial score (nSPS) is 10.2.